The summed E-state index contributed by atoms with van der Waals surface area (Å²) in [7, 11) is 0. The van der Waals surface area contributed by atoms with Crippen LogP contribution in [0.4, 0.5) is 0 Å². The van der Waals surface area contributed by atoms with Crippen molar-refractivity contribution in [2.75, 3.05) is 13.2 Å². The molecule has 5 nitrogen and oxygen atoms in total. The van der Waals surface area contributed by atoms with Gasteiger partial charge in [0.1, 0.15) is 6.61 Å². The number of hydrogen-bond donors (Lipinski definition) is 1. The Bertz CT molecular complexity index is 1010. The maximum atomic E-state index is 12.1. The average Bonchev–Trinajstić information content (AvgIpc) is 3.12. The summed E-state index contributed by atoms with van der Waals surface area (Å²) >= 11 is 0. The Balaban J connectivity index is 3.75. The first-order valence-corrected chi connectivity index (χ1v) is 19.8. The lowest BCUT2D eigenvalue weighted by atomic mass is 10.1. The lowest BCUT2D eigenvalue weighted by Crippen LogP contribution is -2.28. The molecule has 0 aliphatic rings. The van der Waals surface area contributed by atoms with E-state index >= 15 is 0 Å². The van der Waals surface area contributed by atoms with Gasteiger partial charge in [-0.05, 0) is 89.9 Å². The van der Waals surface area contributed by atoms with Gasteiger partial charge in [0.25, 0.3) is 0 Å². The third-order valence-corrected chi connectivity index (χ3v) is 7.86. The summed E-state index contributed by atoms with van der Waals surface area (Å²) in [6.45, 7) is 3.92. The van der Waals surface area contributed by atoms with Crippen molar-refractivity contribution in [3.05, 3.63) is 97.2 Å². The Morgan fingerprint density at radius 3 is 1.36 bits per heavy atom. The lowest BCUT2D eigenvalue weighted by molar-refractivity contribution is -0.161. The van der Waals surface area contributed by atoms with Crippen molar-refractivity contribution in [2.24, 2.45) is 0 Å². The third-order valence-electron chi connectivity index (χ3n) is 7.86. The first-order valence-electron chi connectivity index (χ1n) is 19.8. The van der Waals surface area contributed by atoms with E-state index in [4.69, 9.17) is 9.47 Å². The Morgan fingerprint density at radius 2 is 0.880 bits per heavy atom. The zero-order valence-corrected chi connectivity index (χ0v) is 31.9. The zero-order valence-electron chi connectivity index (χ0n) is 31.9. The number of aliphatic hydroxyl groups is 1. The number of allylic oxidation sites excluding steroid dienone is 16. The topological polar surface area (TPSA) is 72.8 Å². The van der Waals surface area contributed by atoms with Crippen LogP contribution in [0.25, 0.3) is 0 Å². The van der Waals surface area contributed by atoms with Gasteiger partial charge in [0.2, 0.25) is 0 Å². The predicted molar refractivity (Wildman–Crippen MR) is 214 cm³/mol. The lowest BCUT2D eigenvalue weighted by Gasteiger charge is -2.15. The van der Waals surface area contributed by atoms with Gasteiger partial charge >= 0.3 is 11.9 Å². The fourth-order valence-corrected chi connectivity index (χ4v) is 4.89. The summed E-state index contributed by atoms with van der Waals surface area (Å²) in [5.74, 6) is -0.700. The molecule has 0 fully saturated rings. The van der Waals surface area contributed by atoms with Crippen LogP contribution in [0.5, 0.6) is 0 Å². The van der Waals surface area contributed by atoms with E-state index in [1.54, 1.807) is 0 Å². The highest BCUT2D eigenvalue weighted by molar-refractivity contribution is 5.70. The summed E-state index contributed by atoms with van der Waals surface area (Å²) in [6.07, 6.45) is 56.1. The molecule has 282 valence electrons. The van der Waals surface area contributed by atoms with Crippen molar-refractivity contribution in [1.29, 1.82) is 0 Å². The highest BCUT2D eigenvalue weighted by atomic mass is 16.6. The highest BCUT2D eigenvalue weighted by Gasteiger charge is 2.15. The van der Waals surface area contributed by atoms with Crippen molar-refractivity contribution < 1.29 is 24.2 Å². The van der Waals surface area contributed by atoms with E-state index in [0.29, 0.717) is 12.8 Å². The van der Waals surface area contributed by atoms with Crippen LogP contribution < -0.4 is 0 Å². The van der Waals surface area contributed by atoms with Crippen LogP contribution in [0.3, 0.4) is 0 Å². The normalized spacial score (nSPS) is 13.3. The van der Waals surface area contributed by atoms with Gasteiger partial charge in [0.15, 0.2) is 6.10 Å². The van der Waals surface area contributed by atoms with Crippen LogP contribution in [0.15, 0.2) is 97.2 Å². The van der Waals surface area contributed by atoms with E-state index < -0.39 is 6.10 Å². The highest BCUT2D eigenvalue weighted by Crippen LogP contribution is 2.09. The van der Waals surface area contributed by atoms with Gasteiger partial charge in [-0.2, -0.15) is 0 Å². The number of ether oxygens (including phenoxy) is 2. The molecule has 0 saturated carbocycles. The Hall–Kier alpha value is -3.18. The molecule has 0 amide bonds. The molecule has 0 aliphatic carbocycles. The van der Waals surface area contributed by atoms with Gasteiger partial charge in [0, 0.05) is 12.8 Å². The molecule has 1 atom stereocenters. The molecule has 0 unspecified atom stereocenters. The second-order valence-electron chi connectivity index (χ2n) is 12.6. The fraction of sp³-hybridized carbons (Fsp3) is 0.600. The second-order valence-corrected chi connectivity index (χ2v) is 12.6. The van der Waals surface area contributed by atoms with Gasteiger partial charge in [-0.1, -0.05) is 150 Å². The molecule has 0 bridgehead atoms. The van der Waals surface area contributed by atoms with E-state index in [-0.39, 0.29) is 31.6 Å². The zero-order chi connectivity index (χ0) is 36.4. The van der Waals surface area contributed by atoms with Crippen molar-refractivity contribution in [2.45, 2.75) is 161 Å². The largest absolute Gasteiger partial charge is 0.462 e. The molecule has 0 heterocycles. The number of hydrogen-bond acceptors (Lipinski definition) is 5. The van der Waals surface area contributed by atoms with E-state index in [0.717, 1.165) is 77.0 Å². The van der Waals surface area contributed by atoms with Crippen LogP contribution >= 0.6 is 0 Å². The average molecular weight is 693 g/mol. The Labute approximate surface area is 307 Å². The molecule has 0 aromatic heterocycles. The van der Waals surface area contributed by atoms with Crippen molar-refractivity contribution in [3.8, 4) is 0 Å². The van der Waals surface area contributed by atoms with Gasteiger partial charge in [-0.25, -0.2) is 0 Å². The summed E-state index contributed by atoms with van der Waals surface area (Å²) in [6, 6.07) is 0. The quantitative estimate of drug-likeness (QED) is 0.0413. The third kappa shape index (κ3) is 37.6. The first kappa shape index (κ1) is 46.8. The molecule has 1 N–H and O–H groups in total. The molecular weight excluding hydrogens is 620 g/mol. The van der Waals surface area contributed by atoms with Crippen molar-refractivity contribution >= 4 is 11.9 Å². The van der Waals surface area contributed by atoms with Crippen LogP contribution in [-0.2, 0) is 19.1 Å². The van der Waals surface area contributed by atoms with E-state index in [9.17, 15) is 14.7 Å². The van der Waals surface area contributed by atoms with Gasteiger partial charge in [0.05, 0.1) is 6.61 Å². The van der Waals surface area contributed by atoms with Crippen molar-refractivity contribution in [3.63, 3.8) is 0 Å². The Morgan fingerprint density at radius 1 is 0.480 bits per heavy atom. The summed E-state index contributed by atoms with van der Waals surface area (Å²) in [5, 5.41) is 9.55. The summed E-state index contributed by atoms with van der Waals surface area (Å²) in [5.41, 5.74) is 0. The molecule has 0 saturated heterocycles. The number of carbonyl (C=O) groups excluding carboxylic acids is 2. The molecule has 5 heteroatoms. The van der Waals surface area contributed by atoms with Crippen LogP contribution in [0.1, 0.15) is 155 Å². The maximum Gasteiger partial charge on any atom is 0.306 e. The number of aliphatic hydroxyl groups excluding tert-OH is 1. The van der Waals surface area contributed by atoms with Crippen LogP contribution in [0, 0.1) is 0 Å². The maximum absolute atomic E-state index is 12.1. The minimum Gasteiger partial charge on any atom is -0.462 e. The fourth-order valence-electron chi connectivity index (χ4n) is 4.89. The molecular formula is C45H72O5. The molecule has 0 radical (unpaired) electrons. The van der Waals surface area contributed by atoms with E-state index in [1.807, 2.05) is 0 Å². The second kappa shape index (κ2) is 40.3. The predicted octanol–water partition coefficient (Wildman–Crippen LogP) is 12.5. The minimum atomic E-state index is -0.817. The number of unbranched alkanes of at least 4 members (excludes halogenated alkanes) is 10. The van der Waals surface area contributed by atoms with Crippen LogP contribution in [-0.4, -0.2) is 36.4 Å². The van der Waals surface area contributed by atoms with E-state index in [2.05, 4.69) is 111 Å². The molecule has 0 rings (SSSR count). The first-order chi connectivity index (χ1) is 24.6. The molecule has 0 aliphatic heterocycles. The number of carbonyl (C=O) groups is 2. The number of esters is 2. The van der Waals surface area contributed by atoms with E-state index in [1.165, 1.54) is 44.9 Å². The molecule has 0 aromatic rings. The Kier molecular flexibility index (Phi) is 37.7. The number of rotatable bonds is 34. The van der Waals surface area contributed by atoms with Crippen molar-refractivity contribution in [1.82, 2.24) is 0 Å². The smallest absolute Gasteiger partial charge is 0.306 e. The standard InChI is InChI=1S/C45H72O5/c1-3-5-7-9-11-13-15-17-19-21-22-24-25-27-29-31-33-35-37-39-44(47)49-42-43(41-46)50-45(48)40-38-36-34-32-30-28-26-23-20-18-16-14-12-10-8-6-4-2/h5,7,11,13,17-20,22,24,26-29,32,34,43,46H,3-4,6,8-10,12,14-16,21,23,25,30-31,33,35-42H2,1-2H3/b7-5-,13-11-,19-17-,20-18-,24-22-,28-26-,29-27-,34-32-/t43-/m0/s1. The summed E-state index contributed by atoms with van der Waals surface area (Å²) < 4.78 is 10.5. The van der Waals surface area contributed by atoms with Gasteiger partial charge in [-0.3, -0.25) is 9.59 Å². The van der Waals surface area contributed by atoms with Gasteiger partial charge in [-0.15, -0.1) is 0 Å². The summed E-state index contributed by atoms with van der Waals surface area (Å²) in [4.78, 5) is 24.2. The van der Waals surface area contributed by atoms with Crippen LogP contribution in [0.2, 0.25) is 0 Å². The molecule has 0 spiro atoms. The monoisotopic (exact) mass is 693 g/mol. The van der Waals surface area contributed by atoms with Gasteiger partial charge < -0.3 is 14.6 Å². The minimum absolute atomic E-state index is 0.110. The molecule has 50 heavy (non-hydrogen) atoms. The SMILES string of the molecule is CC/C=C\C/C=C\C/C=C\C/C=C\C/C=C\CCCCCC(=O)OC[C@H](CO)OC(=O)CCC/C=C\C/C=C\C/C=C\CCCCCCCC. The molecule has 0 aromatic carbocycles.